The number of aryl methyl sites for hydroxylation is 1. The fourth-order valence-electron chi connectivity index (χ4n) is 2.81. The number of fused-ring (bicyclic) bond motifs is 1. The van der Waals surface area contributed by atoms with Gasteiger partial charge in [0, 0.05) is 12.0 Å². The van der Waals surface area contributed by atoms with Gasteiger partial charge in [-0.1, -0.05) is 13.3 Å². The molecule has 0 aliphatic rings. The number of rotatable bonds is 8. The Labute approximate surface area is 162 Å². The Hall–Kier alpha value is -3.36. The number of hydrogen-bond acceptors (Lipinski definition) is 7. The number of amides is 1. The molecule has 0 unspecified atom stereocenters. The van der Waals surface area contributed by atoms with E-state index in [0.717, 1.165) is 19.3 Å². The van der Waals surface area contributed by atoms with Crippen molar-refractivity contribution in [2.45, 2.75) is 26.2 Å². The molecular weight excluding hydrogens is 362 g/mol. The molecule has 9 nitrogen and oxygen atoms in total. The molecule has 0 aliphatic carbocycles. The molecule has 0 bridgehead atoms. The second-order valence-corrected chi connectivity index (χ2v) is 6.06. The van der Waals surface area contributed by atoms with Crippen molar-refractivity contribution in [3.8, 4) is 17.2 Å². The molecule has 3 rings (SSSR count). The fraction of sp³-hybridized carbons (Fsp3) is 0.368. The number of carbonyl (C=O) groups excluding carboxylic acids is 1. The van der Waals surface area contributed by atoms with E-state index in [1.807, 2.05) is 0 Å². The third-order valence-corrected chi connectivity index (χ3v) is 4.24. The largest absolute Gasteiger partial charge is 0.493 e. The van der Waals surface area contributed by atoms with Crippen molar-refractivity contribution in [2.75, 3.05) is 26.6 Å². The number of nitrogens with one attached hydrogen (secondary N) is 2. The predicted octanol–water partition coefficient (Wildman–Crippen LogP) is 2.97. The standard InChI is InChI=1S/C19H23N5O4/c1-5-6-7-14-22-17-15(20-10-21-17)18(23-14)24-19(25)11-8-12(26-2)16(28-4)13(9-11)27-3/h8-10H,5-7H2,1-4H3,(H2,20,21,22,23,24,25). The lowest BCUT2D eigenvalue weighted by Crippen LogP contribution is -2.15. The summed E-state index contributed by atoms with van der Waals surface area (Å²) >= 11 is 0. The van der Waals surface area contributed by atoms with E-state index in [1.165, 1.54) is 27.7 Å². The topological polar surface area (TPSA) is 111 Å². The molecule has 0 saturated carbocycles. The van der Waals surface area contributed by atoms with Gasteiger partial charge in [-0.15, -0.1) is 0 Å². The summed E-state index contributed by atoms with van der Waals surface area (Å²) in [5.74, 6) is 1.84. The Bertz CT molecular complexity index is 961. The van der Waals surface area contributed by atoms with Crippen molar-refractivity contribution in [3.05, 3.63) is 29.8 Å². The highest BCUT2D eigenvalue weighted by atomic mass is 16.5. The Kier molecular flexibility index (Phi) is 5.93. The Morgan fingerprint density at radius 2 is 1.82 bits per heavy atom. The normalized spacial score (nSPS) is 10.7. The molecule has 3 aromatic rings. The van der Waals surface area contributed by atoms with Crippen LogP contribution < -0.4 is 19.5 Å². The zero-order chi connectivity index (χ0) is 20.1. The van der Waals surface area contributed by atoms with E-state index < -0.39 is 0 Å². The average Bonchev–Trinajstić information content (AvgIpc) is 3.19. The number of carbonyl (C=O) groups is 1. The molecular formula is C19H23N5O4. The molecule has 0 spiro atoms. The minimum absolute atomic E-state index is 0.340. The smallest absolute Gasteiger partial charge is 0.257 e. The highest BCUT2D eigenvalue weighted by molar-refractivity contribution is 6.07. The van der Waals surface area contributed by atoms with Crippen LogP contribution in [0.2, 0.25) is 0 Å². The number of hydrogen-bond donors (Lipinski definition) is 2. The molecule has 1 aromatic carbocycles. The van der Waals surface area contributed by atoms with E-state index >= 15 is 0 Å². The van der Waals surface area contributed by atoms with Crippen LogP contribution >= 0.6 is 0 Å². The molecule has 28 heavy (non-hydrogen) atoms. The van der Waals surface area contributed by atoms with Crippen molar-refractivity contribution in [2.24, 2.45) is 0 Å². The molecule has 2 aromatic heterocycles. The Balaban J connectivity index is 1.96. The van der Waals surface area contributed by atoms with Crippen LogP contribution in [0.5, 0.6) is 17.2 Å². The third kappa shape index (κ3) is 3.83. The minimum Gasteiger partial charge on any atom is -0.493 e. The first-order valence-electron chi connectivity index (χ1n) is 8.92. The number of H-pyrrole nitrogens is 1. The van der Waals surface area contributed by atoms with Gasteiger partial charge in [-0.25, -0.2) is 15.0 Å². The number of methoxy groups -OCH3 is 3. The summed E-state index contributed by atoms with van der Waals surface area (Å²) < 4.78 is 15.9. The number of benzene rings is 1. The van der Waals surface area contributed by atoms with Gasteiger partial charge in [0.05, 0.1) is 27.7 Å². The van der Waals surface area contributed by atoms with Crippen molar-refractivity contribution in [3.63, 3.8) is 0 Å². The molecule has 2 heterocycles. The van der Waals surface area contributed by atoms with Crippen molar-refractivity contribution < 1.29 is 19.0 Å². The maximum atomic E-state index is 12.9. The van der Waals surface area contributed by atoms with Gasteiger partial charge >= 0.3 is 0 Å². The number of imidazole rings is 1. The van der Waals surface area contributed by atoms with Crippen LogP contribution in [0.25, 0.3) is 11.2 Å². The molecule has 0 fully saturated rings. The molecule has 0 aliphatic heterocycles. The predicted molar refractivity (Wildman–Crippen MR) is 104 cm³/mol. The number of aromatic nitrogens is 4. The molecule has 9 heteroatoms. The van der Waals surface area contributed by atoms with Crippen LogP contribution in [0.3, 0.4) is 0 Å². The van der Waals surface area contributed by atoms with Gasteiger partial charge in [-0.2, -0.15) is 0 Å². The second kappa shape index (κ2) is 8.55. The fourth-order valence-corrected chi connectivity index (χ4v) is 2.81. The number of anilines is 1. The van der Waals surface area contributed by atoms with E-state index in [-0.39, 0.29) is 5.91 Å². The van der Waals surface area contributed by atoms with Gasteiger partial charge < -0.3 is 24.5 Å². The summed E-state index contributed by atoms with van der Waals surface area (Å²) in [5.41, 5.74) is 1.43. The zero-order valence-electron chi connectivity index (χ0n) is 16.3. The second-order valence-electron chi connectivity index (χ2n) is 6.06. The van der Waals surface area contributed by atoms with Gasteiger partial charge in [0.25, 0.3) is 5.91 Å². The number of nitrogens with zero attached hydrogens (tertiary/aromatic N) is 3. The van der Waals surface area contributed by atoms with Crippen LogP contribution in [-0.4, -0.2) is 47.2 Å². The first-order valence-corrected chi connectivity index (χ1v) is 8.92. The molecule has 0 atom stereocenters. The van der Waals surface area contributed by atoms with Crippen molar-refractivity contribution in [1.29, 1.82) is 0 Å². The first-order chi connectivity index (χ1) is 13.6. The summed E-state index contributed by atoms with van der Waals surface area (Å²) in [5, 5.41) is 2.82. The van der Waals surface area contributed by atoms with Crippen molar-refractivity contribution in [1.82, 2.24) is 19.9 Å². The molecule has 0 saturated heterocycles. The van der Waals surface area contributed by atoms with Gasteiger partial charge in [-0.3, -0.25) is 4.79 Å². The quantitative estimate of drug-likeness (QED) is 0.613. The summed E-state index contributed by atoms with van der Waals surface area (Å²) in [4.78, 5) is 29.0. The van der Waals surface area contributed by atoms with Crippen LogP contribution in [0, 0.1) is 0 Å². The van der Waals surface area contributed by atoms with Crippen LogP contribution in [0.4, 0.5) is 5.82 Å². The molecule has 2 N–H and O–H groups in total. The number of unbranched alkanes of at least 4 members (excludes halogenated alkanes) is 1. The monoisotopic (exact) mass is 385 g/mol. The molecule has 0 radical (unpaired) electrons. The minimum atomic E-state index is -0.372. The van der Waals surface area contributed by atoms with Gasteiger partial charge in [0.1, 0.15) is 5.82 Å². The van der Waals surface area contributed by atoms with Crippen LogP contribution in [0.15, 0.2) is 18.5 Å². The van der Waals surface area contributed by atoms with Gasteiger partial charge in [0.15, 0.2) is 28.5 Å². The third-order valence-electron chi connectivity index (χ3n) is 4.24. The number of aromatic amines is 1. The lowest BCUT2D eigenvalue weighted by atomic mass is 10.1. The average molecular weight is 385 g/mol. The molecule has 148 valence electrons. The van der Waals surface area contributed by atoms with E-state index in [2.05, 4.69) is 32.2 Å². The van der Waals surface area contributed by atoms with Gasteiger partial charge in [0.2, 0.25) is 5.75 Å². The summed E-state index contributed by atoms with van der Waals surface area (Å²) in [7, 11) is 4.50. The highest BCUT2D eigenvalue weighted by Gasteiger charge is 2.19. The van der Waals surface area contributed by atoms with E-state index in [9.17, 15) is 4.79 Å². The lowest BCUT2D eigenvalue weighted by Gasteiger charge is -2.14. The van der Waals surface area contributed by atoms with E-state index in [1.54, 1.807) is 12.1 Å². The van der Waals surface area contributed by atoms with Gasteiger partial charge in [-0.05, 0) is 18.6 Å². The van der Waals surface area contributed by atoms with Crippen molar-refractivity contribution >= 4 is 22.9 Å². The number of ether oxygens (including phenoxy) is 3. The maximum Gasteiger partial charge on any atom is 0.257 e. The van der Waals surface area contributed by atoms with E-state index in [0.29, 0.717) is 45.6 Å². The summed E-state index contributed by atoms with van der Waals surface area (Å²) in [6.07, 6.45) is 4.23. The Morgan fingerprint density at radius 1 is 1.11 bits per heavy atom. The van der Waals surface area contributed by atoms with Crippen LogP contribution in [0.1, 0.15) is 35.9 Å². The lowest BCUT2D eigenvalue weighted by molar-refractivity contribution is 0.102. The highest BCUT2D eigenvalue weighted by Crippen LogP contribution is 2.38. The Morgan fingerprint density at radius 3 is 2.43 bits per heavy atom. The zero-order valence-corrected chi connectivity index (χ0v) is 16.3. The van der Waals surface area contributed by atoms with E-state index in [4.69, 9.17) is 14.2 Å². The van der Waals surface area contributed by atoms with Crippen LogP contribution in [-0.2, 0) is 6.42 Å². The SMILES string of the molecule is CCCCc1nc(NC(=O)c2cc(OC)c(OC)c(OC)c2)c2nc[nH]c2n1. The first kappa shape index (κ1) is 19.4. The summed E-state index contributed by atoms with van der Waals surface area (Å²) in [6, 6.07) is 3.16. The summed E-state index contributed by atoms with van der Waals surface area (Å²) in [6.45, 7) is 2.10. The molecule has 1 amide bonds. The maximum absolute atomic E-state index is 12.9.